The Bertz CT molecular complexity index is 948. The van der Waals surface area contributed by atoms with E-state index in [9.17, 15) is 8.42 Å². The van der Waals surface area contributed by atoms with Crippen LogP contribution in [-0.4, -0.2) is 42.5 Å². The number of sulfone groups is 1. The molecule has 0 radical (unpaired) electrons. The van der Waals surface area contributed by atoms with E-state index in [-0.39, 0.29) is 10.7 Å². The molecule has 1 aromatic heterocycles. The average molecular weight is 386 g/mol. The van der Waals surface area contributed by atoms with Crippen LogP contribution >= 0.6 is 0 Å². The molecule has 144 valence electrons. The topological polar surface area (TPSA) is 63.2 Å². The van der Waals surface area contributed by atoms with Gasteiger partial charge in [-0.15, -0.1) is 0 Å². The Morgan fingerprint density at radius 3 is 2.52 bits per heavy atom. The highest BCUT2D eigenvalue weighted by atomic mass is 32.2. The molecule has 0 N–H and O–H groups in total. The summed E-state index contributed by atoms with van der Waals surface area (Å²) < 4.78 is 24.3. The number of aromatic nitrogens is 2. The molecule has 0 spiro atoms. The van der Waals surface area contributed by atoms with Crippen LogP contribution in [0.15, 0.2) is 30.6 Å². The predicted octanol–water partition coefficient (Wildman–Crippen LogP) is 3.52. The van der Waals surface area contributed by atoms with Crippen LogP contribution < -0.4 is 4.90 Å². The second-order valence-electron chi connectivity index (χ2n) is 8.48. The minimum absolute atomic E-state index is 0.0621. The van der Waals surface area contributed by atoms with Crippen molar-refractivity contribution in [3.05, 3.63) is 42.0 Å². The molecule has 1 fully saturated rings. The minimum atomic E-state index is -2.88. The third kappa shape index (κ3) is 3.72. The van der Waals surface area contributed by atoms with Crippen molar-refractivity contribution in [2.24, 2.45) is 0 Å². The Morgan fingerprint density at radius 1 is 1.15 bits per heavy atom. The van der Waals surface area contributed by atoms with Crippen LogP contribution in [0.25, 0.3) is 11.1 Å². The largest absolute Gasteiger partial charge is 0.370 e. The van der Waals surface area contributed by atoms with Gasteiger partial charge in [-0.3, -0.25) is 0 Å². The Kier molecular flexibility index (Phi) is 4.49. The molecule has 27 heavy (non-hydrogen) atoms. The van der Waals surface area contributed by atoms with Gasteiger partial charge < -0.3 is 4.90 Å². The molecule has 0 saturated heterocycles. The fraction of sp³-hybridized carbons (Fsp3) is 0.524. The third-order valence-corrected chi connectivity index (χ3v) is 8.00. The number of aryl methyl sites for hydroxylation is 1. The standard InChI is InChI=1S/C21H27N3O2S/c1-15-22-12-17(13-23-15)16-5-8-19-20(11-16)24(14-21(19,2)3)9-4-10-27(25,26)18-6-7-18/h5,8,11-13,18H,4,6-7,9-10,14H2,1-3H3. The second-order valence-corrected chi connectivity index (χ2v) is 10.9. The van der Waals surface area contributed by atoms with Crippen molar-refractivity contribution in [1.29, 1.82) is 0 Å². The van der Waals surface area contributed by atoms with Gasteiger partial charge in [-0.2, -0.15) is 0 Å². The number of anilines is 1. The summed E-state index contributed by atoms with van der Waals surface area (Å²) in [6.45, 7) is 8.07. The first-order valence-electron chi connectivity index (χ1n) is 9.66. The Hall–Kier alpha value is -1.95. The summed E-state index contributed by atoms with van der Waals surface area (Å²) in [5.74, 6) is 1.06. The number of hydrogen-bond acceptors (Lipinski definition) is 5. The predicted molar refractivity (Wildman–Crippen MR) is 109 cm³/mol. The minimum Gasteiger partial charge on any atom is -0.370 e. The van der Waals surface area contributed by atoms with Crippen molar-refractivity contribution in [3.63, 3.8) is 0 Å². The van der Waals surface area contributed by atoms with Gasteiger partial charge in [0.25, 0.3) is 0 Å². The van der Waals surface area contributed by atoms with Crippen molar-refractivity contribution >= 4 is 15.5 Å². The maximum atomic E-state index is 12.2. The number of hydrogen-bond donors (Lipinski definition) is 0. The monoisotopic (exact) mass is 385 g/mol. The second kappa shape index (κ2) is 6.59. The summed E-state index contributed by atoms with van der Waals surface area (Å²) in [4.78, 5) is 11.0. The van der Waals surface area contributed by atoms with Crippen LogP contribution in [0.5, 0.6) is 0 Å². The summed E-state index contributed by atoms with van der Waals surface area (Å²) in [5.41, 5.74) is 4.70. The molecule has 2 heterocycles. The van der Waals surface area contributed by atoms with Crippen LogP contribution in [0, 0.1) is 6.92 Å². The van der Waals surface area contributed by atoms with Gasteiger partial charge in [-0.05, 0) is 43.4 Å². The molecule has 1 aliphatic heterocycles. The number of fused-ring (bicyclic) bond motifs is 1. The Labute approximate surface area is 161 Å². The summed E-state index contributed by atoms with van der Waals surface area (Å²) in [5, 5.41) is -0.0621. The molecule has 5 nitrogen and oxygen atoms in total. The lowest BCUT2D eigenvalue weighted by atomic mass is 9.86. The van der Waals surface area contributed by atoms with Crippen molar-refractivity contribution in [1.82, 2.24) is 9.97 Å². The van der Waals surface area contributed by atoms with Gasteiger partial charge in [0.15, 0.2) is 9.84 Å². The van der Waals surface area contributed by atoms with E-state index in [2.05, 4.69) is 46.9 Å². The van der Waals surface area contributed by atoms with Crippen molar-refractivity contribution in [2.75, 3.05) is 23.7 Å². The number of rotatable bonds is 6. The van der Waals surface area contributed by atoms with Gasteiger partial charge in [0.1, 0.15) is 5.82 Å². The zero-order valence-corrected chi connectivity index (χ0v) is 17.1. The SMILES string of the molecule is Cc1ncc(-c2ccc3c(c2)N(CCCS(=O)(=O)C2CC2)CC3(C)C)cn1. The molecule has 0 atom stereocenters. The molecule has 6 heteroatoms. The quantitative estimate of drug-likeness (QED) is 0.761. The normalized spacial score (nSPS) is 18.6. The number of benzene rings is 1. The molecule has 0 bridgehead atoms. The van der Waals surface area contributed by atoms with Gasteiger partial charge in [-0.1, -0.05) is 26.0 Å². The van der Waals surface area contributed by atoms with Gasteiger partial charge >= 0.3 is 0 Å². The highest BCUT2D eigenvalue weighted by molar-refractivity contribution is 7.92. The number of nitrogens with zero attached hydrogens (tertiary/aromatic N) is 3. The maximum absolute atomic E-state index is 12.2. The third-order valence-electron chi connectivity index (χ3n) is 5.66. The zero-order valence-electron chi connectivity index (χ0n) is 16.3. The summed E-state index contributed by atoms with van der Waals surface area (Å²) in [6, 6.07) is 6.54. The molecular formula is C21H27N3O2S. The first-order chi connectivity index (χ1) is 12.8. The summed E-state index contributed by atoms with van der Waals surface area (Å²) >= 11 is 0. The Balaban J connectivity index is 1.55. The van der Waals surface area contributed by atoms with E-state index in [1.807, 2.05) is 19.3 Å². The maximum Gasteiger partial charge on any atom is 0.153 e. The average Bonchev–Trinajstić information content (AvgIpc) is 3.43. The van der Waals surface area contributed by atoms with Crippen LogP contribution in [-0.2, 0) is 15.3 Å². The lowest BCUT2D eigenvalue weighted by Crippen LogP contribution is -2.30. The van der Waals surface area contributed by atoms with Crippen LogP contribution in [0.1, 0.15) is 44.5 Å². The van der Waals surface area contributed by atoms with Gasteiger partial charge in [0.05, 0.1) is 11.0 Å². The fourth-order valence-electron chi connectivity index (χ4n) is 3.98. The van der Waals surface area contributed by atoms with Crippen LogP contribution in [0.2, 0.25) is 0 Å². The molecular weight excluding hydrogens is 358 g/mol. The molecule has 4 rings (SSSR count). The van der Waals surface area contributed by atoms with E-state index in [4.69, 9.17) is 0 Å². The van der Waals surface area contributed by atoms with E-state index in [0.717, 1.165) is 42.9 Å². The van der Waals surface area contributed by atoms with E-state index in [1.54, 1.807) is 0 Å². The Morgan fingerprint density at radius 2 is 1.85 bits per heavy atom. The first kappa shape index (κ1) is 18.4. The van der Waals surface area contributed by atoms with Gasteiger partial charge in [0.2, 0.25) is 0 Å². The van der Waals surface area contributed by atoms with E-state index in [1.165, 1.54) is 11.3 Å². The summed E-state index contributed by atoms with van der Waals surface area (Å²) in [6.07, 6.45) is 6.10. The molecule has 1 aliphatic carbocycles. The van der Waals surface area contributed by atoms with Crippen LogP contribution in [0.4, 0.5) is 5.69 Å². The molecule has 1 aromatic carbocycles. The highest BCUT2D eigenvalue weighted by Gasteiger charge is 2.37. The lowest BCUT2D eigenvalue weighted by molar-refractivity contribution is 0.548. The lowest BCUT2D eigenvalue weighted by Gasteiger charge is -2.22. The zero-order chi connectivity index (χ0) is 19.2. The fourth-order valence-corrected chi connectivity index (χ4v) is 5.70. The highest BCUT2D eigenvalue weighted by Crippen LogP contribution is 2.42. The smallest absolute Gasteiger partial charge is 0.153 e. The van der Waals surface area contributed by atoms with Crippen LogP contribution in [0.3, 0.4) is 0 Å². The van der Waals surface area contributed by atoms with E-state index in [0.29, 0.717) is 12.2 Å². The van der Waals surface area contributed by atoms with Crippen molar-refractivity contribution < 1.29 is 8.42 Å². The molecule has 1 saturated carbocycles. The van der Waals surface area contributed by atoms with Gasteiger partial charge in [-0.25, -0.2) is 18.4 Å². The molecule has 0 amide bonds. The van der Waals surface area contributed by atoms with E-state index >= 15 is 0 Å². The van der Waals surface area contributed by atoms with Crippen molar-refractivity contribution in [2.45, 2.75) is 50.7 Å². The molecule has 2 aliphatic rings. The molecule has 0 unspecified atom stereocenters. The van der Waals surface area contributed by atoms with E-state index < -0.39 is 9.84 Å². The summed E-state index contributed by atoms with van der Waals surface area (Å²) in [7, 11) is -2.88. The molecule has 2 aromatic rings. The first-order valence-corrected chi connectivity index (χ1v) is 11.4. The van der Waals surface area contributed by atoms with Crippen molar-refractivity contribution in [3.8, 4) is 11.1 Å². The van der Waals surface area contributed by atoms with Gasteiger partial charge in [0, 0.05) is 42.1 Å².